The third kappa shape index (κ3) is 5.79. The molecule has 0 bridgehead atoms. The normalized spacial score (nSPS) is 12.2. The van der Waals surface area contributed by atoms with Gasteiger partial charge in [-0.15, -0.1) is 0 Å². The molecule has 0 fully saturated rings. The molecule has 2 aromatic carbocycles. The lowest BCUT2D eigenvalue weighted by Gasteiger charge is -2.28. The second-order valence-electron chi connectivity index (χ2n) is 10.8. The van der Waals surface area contributed by atoms with E-state index in [0.717, 1.165) is 16.7 Å². The molecule has 1 heterocycles. The van der Waals surface area contributed by atoms with E-state index in [4.69, 9.17) is 14.3 Å². The molecule has 3 rings (SSSR count). The number of carbonyl (C=O) groups is 1. The monoisotopic (exact) mass is 466 g/mol. The van der Waals surface area contributed by atoms with E-state index in [9.17, 15) is 14.7 Å². The van der Waals surface area contributed by atoms with E-state index in [2.05, 4.69) is 0 Å². The molecule has 2 N–H and O–H groups in total. The fourth-order valence-corrected chi connectivity index (χ4v) is 3.86. The number of rotatable bonds is 7. The molecule has 0 amide bonds. The van der Waals surface area contributed by atoms with E-state index in [1.807, 2.05) is 53.7 Å². The predicted molar refractivity (Wildman–Crippen MR) is 134 cm³/mol. The summed E-state index contributed by atoms with van der Waals surface area (Å²) >= 11 is 0. The van der Waals surface area contributed by atoms with Gasteiger partial charge in [-0.05, 0) is 47.9 Å². The van der Waals surface area contributed by atoms with Crippen LogP contribution in [0.15, 0.2) is 45.6 Å². The molecule has 6 heteroatoms. The number of benzene rings is 2. The average Bonchev–Trinajstić information content (AvgIpc) is 2.71. The molecule has 0 atom stereocenters. The summed E-state index contributed by atoms with van der Waals surface area (Å²) in [4.78, 5) is 23.5. The van der Waals surface area contributed by atoms with E-state index in [1.165, 1.54) is 6.07 Å². The second-order valence-corrected chi connectivity index (χ2v) is 10.8. The zero-order chi connectivity index (χ0) is 25.3. The van der Waals surface area contributed by atoms with Crippen molar-refractivity contribution in [2.24, 2.45) is 0 Å². The molecule has 182 valence electrons. The van der Waals surface area contributed by atoms with Crippen LogP contribution in [0.5, 0.6) is 11.5 Å². The van der Waals surface area contributed by atoms with Crippen LogP contribution in [0.4, 0.5) is 0 Å². The molecule has 0 aliphatic rings. The smallest absolute Gasteiger partial charge is 0.303 e. The number of phenolic OH excluding ortho intramolecular Hbond substituents is 1. The van der Waals surface area contributed by atoms with E-state index in [-0.39, 0.29) is 28.4 Å². The number of carboxylic acid groups (broad SMARTS) is 1. The Kier molecular flexibility index (Phi) is 7.10. The first-order chi connectivity index (χ1) is 15.8. The number of aromatic hydroxyl groups is 1. The summed E-state index contributed by atoms with van der Waals surface area (Å²) in [5.74, 6) is 0.427. The minimum absolute atomic E-state index is 0.110. The largest absolute Gasteiger partial charge is 0.507 e. The minimum atomic E-state index is -0.821. The Hall–Kier alpha value is -3.28. The van der Waals surface area contributed by atoms with Crippen molar-refractivity contribution in [2.45, 2.75) is 71.6 Å². The Bertz CT molecular complexity index is 1220. The molecule has 0 unspecified atom stereocenters. The fourth-order valence-electron chi connectivity index (χ4n) is 3.86. The highest BCUT2D eigenvalue weighted by Crippen LogP contribution is 2.42. The van der Waals surface area contributed by atoms with Crippen molar-refractivity contribution in [2.75, 3.05) is 6.61 Å². The number of phenols is 1. The molecule has 0 saturated heterocycles. The number of hydrogen-bond acceptors (Lipinski definition) is 5. The fraction of sp³-hybridized carbons (Fsp3) is 0.429. The van der Waals surface area contributed by atoms with Gasteiger partial charge in [-0.3, -0.25) is 9.59 Å². The van der Waals surface area contributed by atoms with Gasteiger partial charge in [-0.2, -0.15) is 0 Å². The average molecular weight is 467 g/mol. The van der Waals surface area contributed by atoms with Crippen LogP contribution in [0.25, 0.3) is 22.3 Å². The number of ether oxygens (including phenoxy) is 1. The van der Waals surface area contributed by atoms with E-state index in [0.29, 0.717) is 41.9 Å². The lowest BCUT2D eigenvalue weighted by molar-refractivity contribution is -0.137. The molecule has 0 aliphatic heterocycles. The van der Waals surface area contributed by atoms with Gasteiger partial charge in [0.2, 0.25) is 0 Å². The third-order valence-electron chi connectivity index (χ3n) is 5.76. The number of aliphatic carboxylic acids is 1. The van der Waals surface area contributed by atoms with Gasteiger partial charge in [0.05, 0.1) is 12.0 Å². The van der Waals surface area contributed by atoms with Crippen molar-refractivity contribution >= 4 is 16.9 Å². The Morgan fingerprint density at radius 3 is 2.12 bits per heavy atom. The standard InChI is InChI=1S/C28H34O6/c1-27(2,3)20-13-17(14-21(26(20)32)28(4,5)6)23-16-22(29)19-11-10-18(15-24(19)34-23)33-12-8-7-9-25(30)31/h10-11,13-16,32H,7-9,12H2,1-6H3,(H,30,31). The van der Waals surface area contributed by atoms with Crippen LogP contribution in [0.1, 0.15) is 71.9 Å². The SMILES string of the molecule is CC(C)(C)c1cc(-c2cc(=O)c3ccc(OCCCCC(=O)O)cc3o2)cc(C(C)(C)C)c1O. The molecule has 0 radical (unpaired) electrons. The first-order valence-corrected chi connectivity index (χ1v) is 11.6. The third-order valence-corrected chi connectivity index (χ3v) is 5.76. The lowest BCUT2D eigenvalue weighted by atomic mass is 9.78. The summed E-state index contributed by atoms with van der Waals surface area (Å²) in [5, 5.41) is 20.2. The molecule has 34 heavy (non-hydrogen) atoms. The van der Waals surface area contributed by atoms with Gasteiger partial charge < -0.3 is 19.4 Å². The van der Waals surface area contributed by atoms with Crippen molar-refractivity contribution in [3.8, 4) is 22.8 Å². The summed E-state index contributed by atoms with van der Waals surface area (Å²) in [6.07, 6.45) is 1.27. The first kappa shape index (κ1) is 25.3. The van der Waals surface area contributed by atoms with Crippen LogP contribution in [0, 0.1) is 0 Å². The van der Waals surface area contributed by atoms with Crippen LogP contribution < -0.4 is 10.2 Å². The molecular weight excluding hydrogens is 432 g/mol. The molecule has 0 aliphatic carbocycles. The molecule has 1 aromatic heterocycles. The van der Waals surface area contributed by atoms with Gasteiger partial charge in [-0.1, -0.05) is 41.5 Å². The van der Waals surface area contributed by atoms with Crippen molar-refractivity contribution in [3.05, 3.63) is 57.7 Å². The topological polar surface area (TPSA) is 97.0 Å². The molecule has 3 aromatic rings. The maximum Gasteiger partial charge on any atom is 0.303 e. The number of unbranched alkanes of at least 4 members (excludes halogenated alkanes) is 1. The van der Waals surface area contributed by atoms with Crippen LogP contribution in [-0.4, -0.2) is 22.8 Å². The Labute approximate surface area is 200 Å². The summed E-state index contributed by atoms with van der Waals surface area (Å²) in [5.41, 5.74) is 1.94. The summed E-state index contributed by atoms with van der Waals surface area (Å²) in [6, 6.07) is 10.3. The molecule has 0 spiro atoms. The van der Waals surface area contributed by atoms with Crippen molar-refractivity contribution in [1.29, 1.82) is 0 Å². The predicted octanol–water partition coefficient (Wildman–Crippen LogP) is 6.39. The maximum absolute atomic E-state index is 12.9. The number of carboxylic acids is 1. The zero-order valence-electron chi connectivity index (χ0n) is 20.8. The number of hydrogen-bond donors (Lipinski definition) is 2. The molecule has 6 nitrogen and oxygen atoms in total. The maximum atomic E-state index is 12.9. The summed E-state index contributed by atoms with van der Waals surface area (Å²) in [7, 11) is 0. The summed E-state index contributed by atoms with van der Waals surface area (Å²) < 4.78 is 11.9. The first-order valence-electron chi connectivity index (χ1n) is 11.6. The van der Waals surface area contributed by atoms with Crippen LogP contribution in [-0.2, 0) is 15.6 Å². The Morgan fingerprint density at radius 2 is 1.56 bits per heavy atom. The van der Waals surface area contributed by atoms with Crippen molar-refractivity contribution in [1.82, 2.24) is 0 Å². The van der Waals surface area contributed by atoms with Crippen molar-refractivity contribution in [3.63, 3.8) is 0 Å². The Morgan fingerprint density at radius 1 is 0.941 bits per heavy atom. The van der Waals surface area contributed by atoms with Gasteiger partial charge in [0.1, 0.15) is 22.8 Å². The van der Waals surface area contributed by atoms with Gasteiger partial charge in [0, 0.05) is 35.2 Å². The van der Waals surface area contributed by atoms with Gasteiger partial charge in [-0.25, -0.2) is 0 Å². The van der Waals surface area contributed by atoms with Crippen molar-refractivity contribution < 1.29 is 24.2 Å². The van der Waals surface area contributed by atoms with E-state index < -0.39 is 5.97 Å². The minimum Gasteiger partial charge on any atom is -0.507 e. The van der Waals surface area contributed by atoms with E-state index in [1.54, 1.807) is 18.2 Å². The van der Waals surface area contributed by atoms with Crippen LogP contribution >= 0.6 is 0 Å². The summed E-state index contributed by atoms with van der Waals surface area (Å²) in [6.45, 7) is 12.6. The molecule has 0 saturated carbocycles. The Balaban J connectivity index is 2.03. The lowest BCUT2D eigenvalue weighted by Crippen LogP contribution is -2.17. The zero-order valence-corrected chi connectivity index (χ0v) is 20.8. The number of fused-ring (bicyclic) bond motifs is 1. The van der Waals surface area contributed by atoms with Gasteiger partial charge >= 0.3 is 5.97 Å². The van der Waals surface area contributed by atoms with Crippen LogP contribution in [0.3, 0.4) is 0 Å². The highest BCUT2D eigenvalue weighted by molar-refractivity contribution is 5.80. The highest BCUT2D eigenvalue weighted by atomic mass is 16.5. The van der Waals surface area contributed by atoms with Gasteiger partial charge in [0.15, 0.2) is 5.43 Å². The molecular formula is C28H34O6. The quantitative estimate of drug-likeness (QED) is 0.391. The second kappa shape index (κ2) is 9.53. The van der Waals surface area contributed by atoms with E-state index >= 15 is 0 Å². The van der Waals surface area contributed by atoms with Crippen LogP contribution in [0.2, 0.25) is 0 Å². The van der Waals surface area contributed by atoms with Gasteiger partial charge in [0.25, 0.3) is 0 Å². The highest BCUT2D eigenvalue weighted by Gasteiger charge is 2.27.